The molecule has 1 aromatic rings. The van der Waals surface area contributed by atoms with Crippen LogP contribution < -0.4 is 5.73 Å². The molecule has 3 heteroatoms. The zero-order valence-corrected chi connectivity index (χ0v) is 7.09. The molecule has 3 N–H and O–H groups in total. The van der Waals surface area contributed by atoms with Crippen LogP contribution >= 0.6 is 0 Å². The molecule has 0 spiro atoms. The number of phenols is 1. The van der Waals surface area contributed by atoms with E-state index < -0.39 is 5.91 Å². The number of rotatable bonds is 1. The van der Waals surface area contributed by atoms with Crippen molar-refractivity contribution in [1.82, 2.24) is 0 Å². The molecule has 0 aliphatic carbocycles. The first-order chi connectivity index (χ1) is 5.54. The van der Waals surface area contributed by atoms with Crippen molar-refractivity contribution in [1.29, 1.82) is 0 Å². The van der Waals surface area contributed by atoms with E-state index in [2.05, 4.69) is 0 Å². The van der Waals surface area contributed by atoms with Crippen molar-refractivity contribution < 1.29 is 9.90 Å². The van der Waals surface area contributed by atoms with Crippen molar-refractivity contribution in [2.24, 2.45) is 5.73 Å². The van der Waals surface area contributed by atoms with Crippen LogP contribution in [0.3, 0.4) is 0 Å². The zero-order valence-electron chi connectivity index (χ0n) is 7.09. The molecular formula is C9H11NO2. The monoisotopic (exact) mass is 165 g/mol. The average Bonchev–Trinajstić information content (AvgIpc) is 2.00. The first-order valence-electron chi connectivity index (χ1n) is 3.63. The summed E-state index contributed by atoms with van der Waals surface area (Å²) >= 11 is 0. The molecule has 0 saturated carbocycles. The van der Waals surface area contributed by atoms with Crippen molar-refractivity contribution in [3.63, 3.8) is 0 Å². The third-order valence-electron chi connectivity index (χ3n) is 1.90. The zero-order chi connectivity index (χ0) is 9.30. The van der Waals surface area contributed by atoms with Gasteiger partial charge < -0.3 is 10.8 Å². The van der Waals surface area contributed by atoms with Crippen LogP contribution in [0.2, 0.25) is 0 Å². The Morgan fingerprint density at radius 2 is 2.00 bits per heavy atom. The Balaban J connectivity index is 3.36. The summed E-state index contributed by atoms with van der Waals surface area (Å²) in [7, 11) is 0. The molecular weight excluding hydrogens is 154 g/mol. The molecule has 0 unspecified atom stereocenters. The molecule has 0 aromatic heterocycles. The van der Waals surface area contributed by atoms with Crippen LogP contribution in [-0.2, 0) is 0 Å². The van der Waals surface area contributed by atoms with Crippen molar-refractivity contribution in [2.75, 3.05) is 0 Å². The van der Waals surface area contributed by atoms with Gasteiger partial charge in [0.1, 0.15) is 5.75 Å². The summed E-state index contributed by atoms with van der Waals surface area (Å²) in [5, 5.41) is 9.43. The van der Waals surface area contributed by atoms with Gasteiger partial charge in [-0.3, -0.25) is 4.79 Å². The first kappa shape index (κ1) is 8.59. The molecule has 0 atom stereocenters. The number of amides is 1. The van der Waals surface area contributed by atoms with Crippen molar-refractivity contribution in [3.8, 4) is 5.75 Å². The molecule has 1 rings (SSSR count). The third-order valence-corrected chi connectivity index (χ3v) is 1.90. The summed E-state index contributed by atoms with van der Waals surface area (Å²) in [6.45, 7) is 3.44. The lowest BCUT2D eigenvalue weighted by Gasteiger charge is -2.05. The fraction of sp³-hybridized carbons (Fsp3) is 0.222. The van der Waals surface area contributed by atoms with Crippen LogP contribution in [0.4, 0.5) is 0 Å². The Kier molecular flexibility index (Phi) is 2.04. The van der Waals surface area contributed by atoms with E-state index in [1.165, 1.54) is 0 Å². The van der Waals surface area contributed by atoms with Crippen LogP contribution in [0.1, 0.15) is 21.5 Å². The van der Waals surface area contributed by atoms with E-state index in [1.807, 2.05) is 0 Å². The third kappa shape index (κ3) is 1.25. The predicted octanol–water partition coefficient (Wildman–Crippen LogP) is 1.11. The van der Waals surface area contributed by atoms with Gasteiger partial charge >= 0.3 is 0 Å². The number of nitrogens with two attached hydrogens (primary N) is 1. The van der Waals surface area contributed by atoms with Crippen LogP contribution in [0, 0.1) is 13.8 Å². The normalized spacial score (nSPS) is 9.83. The standard InChI is InChI=1S/C9H11NO2/c1-5-3-4-7(9(10)12)6(2)8(5)11/h3-4,11H,1-2H3,(H2,10,12). The van der Waals surface area contributed by atoms with Crippen LogP contribution in [0.15, 0.2) is 12.1 Å². The molecule has 0 bridgehead atoms. The molecule has 12 heavy (non-hydrogen) atoms. The summed E-state index contributed by atoms with van der Waals surface area (Å²) in [5.74, 6) is -0.367. The van der Waals surface area contributed by atoms with Crippen LogP contribution in [0.5, 0.6) is 5.75 Å². The minimum atomic E-state index is -0.511. The number of hydrogen-bond donors (Lipinski definition) is 2. The second-order valence-electron chi connectivity index (χ2n) is 2.77. The van der Waals surface area contributed by atoms with E-state index in [0.717, 1.165) is 5.56 Å². The number of hydrogen-bond acceptors (Lipinski definition) is 2. The van der Waals surface area contributed by atoms with Gasteiger partial charge in [0.15, 0.2) is 0 Å². The maximum atomic E-state index is 10.8. The smallest absolute Gasteiger partial charge is 0.249 e. The van der Waals surface area contributed by atoms with Gasteiger partial charge in [0, 0.05) is 11.1 Å². The van der Waals surface area contributed by atoms with E-state index in [0.29, 0.717) is 11.1 Å². The minimum Gasteiger partial charge on any atom is -0.507 e. The van der Waals surface area contributed by atoms with Gasteiger partial charge in [-0.25, -0.2) is 0 Å². The predicted molar refractivity (Wildman–Crippen MR) is 46.1 cm³/mol. The molecule has 3 nitrogen and oxygen atoms in total. The number of benzene rings is 1. The van der Waals surface area contributed by atoms with Gasteiger partial charge in [-0.05, 0) is 25.5 Å². The minimum absolute atomic E-state index is 0.145. The van der Waals surface area contributed by atoms with Crippen molar-refractivity contribution >= 4 is 5.91 Å². The lowest BCUT2D eigenvalue weighted by atomic mass is 10.0. The largest absolute Gasteiger partial charge is 0.507 e. The molecule has 0 aliphatic heterocycles. The molecule has 1 amide bonds. The van der Waals surface area contributed by atoms with E-state index in [9.17, 15) is 9.90 Å². The Morgan fingerprint density at radius 1 is 1.42 bits per heavy atom. The maximum Gasteiger partial charge on any atom is 0.249 e. The number of primary amides is 1. The molecule has 0 heterocycles. The van der Waals surface area contributed by atoms with Crippen LogP contribution in [0.25, 0.3) is 0 Å². The van der Waals surface area contributed by atoms with Gasteiger partial charge in [0.25, 0.3) is 0 Å². The SMILES string of the molecule is Cc1ccc(C(N)=O)c(C)c1O. The lowest BCUT2D eigenvalue weighted by Crippen LogP contribution is -2.12. The number of carbonyl (C=O) groups is 1. The fourth-order valence-electron chi connectivity index (χ4n) is 1.10. The summed E-state index contributed by atoms with van der Waals surface area (Å²) in [6.07, 6.45) is 0. The van der Waals surface area contributed by atoms with Crippen LogP contribution in [-0.4, -0.2) is 11.0 Å². The number of aryl methyl sites for hydroxylation is 1. The van der Waals surface area contributed by atoms with E-state index in [4.69, 9.17) is 5.73 Å². The first-order valence-corrected chi connectivity index (χ1v) is 3.63. The second-order valence-corrected chi connectivity index (χ2v) is 2.77. The van der Waals surface area contributed by atoms with E-state index in [-0.39, 0.29) is 5.75 Å². The summed E-state index contributed by atoms with van der Waals surface area (Å²) in [6, 6.07) is 3.29. The highest BCUT2D eigenvalue weighted by molar-refractivity contribution is 5.95. The van der Waals surface area contributed by atoms with Crippen molar-refractivity contribution in [2.45, 2.75) is 13.8 Å². The van der Waals surface area contributed by atoms with Gasteiger partial charge in [0.05, 0.1) is 0 Å². The summed E-state index contributed by atoms with van der Waals surface area (Å²) in [5.41, 5.74) is 6.75. The Morgan fingerprint density at radius 3 is 2.50 bits per heavy atom. The highest BCUT2D eigenvalue weighted by Crippen LogP contribution is 2.23. The molecule has 64 valence electrons. The number of aromatic hydroxyl groups is 1. The van der Waals surface area contributed by atoms with Gasteiger partial charge in [-0.2, -0.15) is 0 Å². The molecule has 1 aromatic carbocycles. The number of carbonyl (C=O) groups excluding carboxylic acids is 1. The van der Waals surface area contributed by atoms with Gasteiger partial charge in [-0.1, -0.05) is 6.07 Å². The molecule has 0 fully saturated rings. The second kappa shape index (κ2) is 2.85. The van der Waals surface area contributed by atoms with E-state index in [1.54, 1.807) is 26.0 Å². The quantitative estimate of drug-likeness (QED) is 0.654. The maximum absolute atomic E-state index is 10.8. The molecule has 0 saturated heterocycles. The highest BCUT2D eigenvalue weighted by atomic mass is 16.3. The average molecular weight is 165 g/mol. The molecule has 0 radical (unpaired) electrons. The van der Waals surface area contributed by atoms with Gasteiger partial charge in [0.2, 0.25) is 5.91 Å². The van der Waals surface area contributed by atoms with Crippen molar-refractivity contribution in [3.05, 3.63) is 28.8 Å². The fourth-order valence-corrected chi connectivity index (χ4v) is 1.10. The summed E-state index contributed by atoms with van der Waals surface area (Å²) < 4.78 is 0. The Bertz CT molecular complexity index is 332. The molecule has 0 aliphatic rings. The Labute approximate surface area is 70.8 Å². The van der Waals surface area contributed by atoms with E-state index >= 15 is 0 Å². The summed E-state index contributed by atoms with van der Waals surface area (Å²) in [4.78, 5) is 10.8. The topological polar surface area (TPSA) is 63.3 Å². The highest BCUT2D eigenvalue weighted by Gasteiger charge is 2.09. The Hall–Kier alpha value is -1.51. The van der Waals surface area contributed by atoms with Gasteiger partial charge in [-0.15, -0.1) is 0 Å². The number of phenolic OH excluding ortho intramolecular Hbond substituents is 1. The lowest BCUT2D eigenvalue weighted by molar-refractivity contribution is 0.0999.